The van der Waals surface area contributed by atoms with Gasteiger partial charge in [-0.2, -0.15) is 0 Å². The van der Waals surface area contributed by atoms with E-state index >= 15 is 0 Å². The number of hydrogen-bond donors (Lipinski definition) is 1. The van der Waals surface area contributed by atoms with Crippen LogP contribution in [0.1, 0.15) is 25.0 Å². The normalized spacial score (nSPS) is 14.2. The summed E-state index contributed by atoms with van der Waals surface area (Å²) in [6.07, 6.45) is 0. The minimum absolute atomic E-state index is 0.0165. The summed E-state index contributed by atoms with van der Waals surface area (Å²) in [5.41, 5.74) is 3.11. The lowest BCUT2D eigenvalue weighted by Gasteiger charge is -2.39. The summed E-state index contributed by atoms with van der Waals surface area (Å²) in [4.78, 5) is 25.5. The average Bonchev–Trinajstić information content (AvgIpc) is 2.82. The second-order valence-electron chi connectivity index (χ2n) is 8.94. The molecule has 0 bridgehead atoms. The molecular weight excluding hydrogens is 453 g/mol. The molecule has 35 heavy (non-hydrogen) atoms. The Kier molecular flexibility index (Phi) is 6.10. The number of non-ortho nitro benzene ring substituents is 1. The lowest BCUT2D eigenvalue weighted by atomic mass is 9.91. The first-order valence-electron chi connectivity index (χ1n) is 11.0. The summed E-state index contributed by atoms with van der Waals surface area (Å²) >= 11 is 0. The summed E-state index contributed by atoms with van der Waals surface area (Å²) in [7, 11) is 3.13. The molecule has 0 fully saturated rings. The second kappa shape index (κ2) is 8.90. The highest BCUT2D eigenvalue weighted by Gasteiger charge is 2.38. The lowest BCUT2D eigenvalue weighted by Crippen LogP contribution is -2.52. The number of likely N-dealkylation sites (N-methyl/N-ethyl adjacent to an activating group) is 1. The fourth-order valence-corrected chi connectivity index (χ4v) is 4.33. The number of hydrogen-bond acceptors (Lipinski definition) is 6. The molecule has 0 saturated carbocycles. The predicted octanol–water partition coefficient (Wildman–Crippen LogP) is 5.46. The van der Waals surface area contributed by atoms with Gasteiger partial charge in [0.05, 0.1) is 29.5 Å². The number of benzene rings is 3. The van der Waals surface area contributed by atoms with E-state index in [9.17, 15) is 19.3 Å². The molecule has 0 radical (unpaired) electrons. The van der Waals surface area contributed by atoms with Crippen LogP contribution in [0.3, 0.4) is 0 Å². The van der Waals surface area contributed by atoms with E-state index in [1.807, 2.05) is 19.1 Å². The summed E-state index contributed by atoms with van der Waals surface area (Å²) in [6.45, 7) is 5.43. The van der Waals surface area contributed by atoms with E-state index in [1.54, 1.807) is 37.9 Å². The Labute approximate surface area is 202 Å². The van der Waals surface area contributed by atoms with E-state index in [0.717, 1.165) is 11.3 Å². The standard InChI is InChI=1S/C26H26FN3O5/c1-15-6-7-16(27)12-22(15)35-14-20-18(19-9-8-17(30(32)33)13-23(19)34-5)10-11-21-24(20)29(4)25(31)26(2,3)28-21/h6-13,28H,14H2,1-5H3. The SMILES string of the molecule is COc1cc([N+](=O)[O-])ccc1-c1ccc2c(c1COc1cc(F)ccc1C)N(C)C(=O)C(C)(C)N2. The van der Waals surface area contributed by atoms with Gasteiger partial charge in [0.2, 0.25) is 0 Å². The molecule has 1 N–H and O–H groups in total. The number of anilines is 2. The molecule has 0 spiro atoms. The van der Waals surface area contributed by atoms with E-state index in [0.29, 0.717) is 33.9 Å². The summed E-state index contributed by atoms with van der Waals surface area (Å²) < 4.78 is 25.4. The van der Waals surface area contributed by atoms with Crippen LogP contribution in [0.4, 0.5) is 21.5 Å². The number of carbonyl (C=O) groups excluding carboxylic acids is 1. The third-order valence-corrected chi connectivity index (χ3v) is 6.11. The van der Waals surface area contributed by atoms with Crippen LogP contribution in [0.5, 0.6) is 11.5 Å². The smallest absolute Gasteiger partial charge is 0.273 e. The lowest BCUT2D eigenvalue weighted by molar-refractivity contribution is -0.384. The van der Waals surface area contributed by atoms with Gasteiger partial charge in [-0.25, -0.2) is 4.39 Å². The molecular formula is C26H26FN3O5. The van der Waals surface area contributed by atoms with Crippen LogP contribution < -0.4 is 19.7 Å². The molecule has 1 aliphatic heterocycles. The summed E-state index contributed by atoms with van der Waals surface area (Å²) in [5.74, 6) is 0.123. The van der Waals surface area contributed by atoms with Crippen LogP contribution in [0, 0.1) is 22.9 Å². The largest absolute Gasteiger partial charge is 0.496 e. The third-order valence-electron chi connectivity index (χ3n) is 6.11. The third kappa shape index (κ3) is 4.37. The van der Waals surface area contributed by atoms with Crippen molar-refractivity contribution < 1.29 is 23.6 Å². The molecule has 8 nitrogen and oxygen atoms in total. The van der Waals surface area contributed by atoms with Crippen molar-refractivity contribution in [3.8, 4) is 22.6 Å². The van der Waals surface area contributed by atoms with Crippen molar-refractivity contribution in [1.82, 2.24) is 0 Å². The van der Waals surface area contributed by atoms with Crippen molar-refractivity contribution in [3.63, 3.8) is 0 Å². The van der Waals surface area contributed by atoms with E-state index in [1.165, 1.54) is 31.4 Å². The van der Waals surface area contributed by atoms with E-state index in [4.69, 9.17) is 9.47 Å². The summed E-state index contributed by atoms with van der Waals surface area (Å²) in [5, 5.41) is 14.6. The highest BCUT2D eigenvalue weighted by atomic mass is 19.1. The van der Waals surface area contributed by atoms with Crippen molar-refractivity contribution >= 4 is 23.0 Å². The van der Waals surface area contributed by atoms with Gasteiger partial charge < -0.3 is 19.7 Å². The number of fused-ring (bicyclic) bond motifs is 1. The maximum absolute atomic E-state index is 13.9. The number of methoxy groups -OCH3 is 1. The molecule has 1 aliphatic rings. The predicted molar refractivity (Wildman–Crippen MR) is 132 cm³/mol. The molecule has 0 aromatic heterocycles. The number of nitro groups is 1. The zero-order valence-corrected chi connectivity index (χ0v) is 20.1. The molecule has 3 aromatic carbocycles. The fraction of sp³-hybridized carbons (Fsp3) is 0.269. The average molecular weight is 480 g/mol. The number of halogens is 1. The Morgan fingerprint density at radius 1 is 1.09 bits per heavy atom. The van der Waals surface area contributed by atoms with Crippen LogP contribution in [0.25, 0.3) is 11.1 Å². The number of ether oxygens (including phenoxy) is 2. The molecule has 182 valence electrons. The van der Waals surface area contributed by atoms with Gasteiger partial charge in [0.15, 0.2) is 0 Å². The Morgan fingerprint density at radius 3 is 2.49 bits per heavy atom. The van der Waals surface area contributed by atoms with E-state index in [2.05, 4.69) is 5.32 Å². The molecule has 0 aliphatic carbocycles. The maximum atomic E-state index is 13.9. The number of nitro benzene ring substituents is 1. The highest BCUT2D eigenvalue weighted by molar-refractivity contribution is 6.08. The van der Waals surface area contributed by atoms with Gasteiger partial charge in [-0.05, 0) is 50.1 Å². The zero-order valence-electron chi connectivity index (χ0n) is 20.1. The number of rotatable bonds is 6. The van der Waals surface area contributed by atoms with E-state index in [-0.39, 0.29) is 18.2 Å². The van der Waals surface area contributed by atoms with Gasteiger partial charge in [0.25, 0.3) is 11.6 Å². The topological polar surface area (TPSA) is 93.9 Å². The van der Waals surface area contributed by atoms with Gasteiger partial charge >= 0.3 is 0 Å². The molecule has 0 unspecified atom stereocenters. The molecule has 1 amide bonds. The number of aryl methyl sites for hydroxylation is 1. The van der Waals surface area contributed by atoms with Gasteiger partial charge in [-0.15, -0.1) is 0 Å². The van der Waals surface area contributed by atoms with Crippen molar-refractivity contribution in [2.24, 2.45) is 0 Å². The van der Waals surface area contributed by atoms with Gasteiger partial charge in [0, 0.05) is 30.3 Å². The second-order valence-corrected chi connectivity index (χ2v) is 8.94. The number of nitrogens with zero attached hydrogens (tertiary/aromatic N) is 2. The van der Waals surface area contributed by atoms with Crippen molar-refractivity contribution in [3.05, 3.63) is 75.6 Å². The van der Waals surface area contributed by atoms with Gasteiger partial charge in [0.1, 0.15) is 29.5 Å². The van der Waals surface area contributed by atoms with Crippen LogP contribution in [0.2, 0.25) is 0 Å². The van der Waals surface area contributed by atoms with Crippen LogP contribution in [-0.2, 0) is 11.4 Å². The monoisotopic (exact) mass is 479 g/mol. The maximum Gasteiger partial charge on any atom is 0.273 e. The van der Waals surface area contributed by atoms with Gasteiger partial charge in [-0.3, -0.25) is 14.9 Å². The Morgan fingerprint density at radius 2 is 1.80 bits per heavy atom. The molecule has 1 heterocycles. The first-order chi connectivity index (χ1) is 16.5. The summed E-state index contributed by atoms with van der Waals surface area (Å²) in [6, 6.07) is 12.4. The molecule has 0 atom stereocenters. The molecule has 3 aromatic rings. The molecule has 0 saturated heterocycles. The van der Waals surface area contributed by atoms with Crippen molar-refractivity contribution in [2.45, 2.75) is 32.9 Å². The van der Waals surface area contributed by atoms with Crippen molar-refractivity contribution in [1.29, 1.82) is 0 Å². The van der Waals surface area contributed by atoms with Crippen LogP contribution in [0.15, 0.2) is 48.5 Å². The minimum atomic E-state index is -0.814. The van der Waals surface area contributed by atoms with Gasteiger partial charge in [-0.1, -0.05) is 12.1 Å². The first kappa shape index (κ1) is 24.0. The Hall–Kier alpha value is -4.14. The van der Waals surface area contributed by atoms with E-state index < -0.39 is 16.3 Å². The molecule has 4 rings (SSSR count). The number of nitrogens with one attached hydrogen (secondary N) is 1. The Bertz CT molecular complexity index is 1340. The zero-order chi connectivity index (χ0) is 25.5. The number of amides is 1. The molecule has 9 heteroatoms. The van der Waals surface area contributed by atoms with Crippen LogP contribution >= 0.6 is 0 Å². The first-order valence-corrected chi connectivity index (χ1v) is 11.0. The number of carbonyl (C=O) groups is 1. The van der Waals surface area contributed by atoms with Crippen LogP contribution in [-0.4, -0.2) is 30.5 Å². The minimum Gasteiger partial charge on any atom is -0.496 e. The highest BCUT2D eigenvalue weighted by Crippen LogP contribution is 2.45. The fourth-order valence-electron chi connectivity index (χ4n) is 4.33. The van der Waals surface area contributed by atoms with Crippen molar-refractivity contribution in [2.75, 3.05) is 24.4 Å². The quantitative estimate of drug-likeness (QED) is 0.373. The Balaban J connectivity index is 1.90.